The fraction of sp³-hybridized carbons (Fsp3) is 0.846. The van der Waals surface area contributed by atoms with Crippen molar-refractivity contribution in [1.82, 2.24) is 10.2 Å². The Kier molecular flexibility index (Phi) is 6.12. The van der Waals surface area contributed by atoms with Gasteiger partial charge in [0.05, 0.1) is 6.54 Å². The van der Waals surface area contributed by atoms with Gasteiger partial charge < -0.3 is 16.0 Å². The first kappa shape index (κ1) is 15.0. The zero-order chi connectivity index (χ0) is 13.5. The summed E-state index contributed by atoms with van der Waals surface area (Å²) in [4.78, 5) is 24.8. The van der Waals surface area contributed by atoms with E-state index in [0.717, 1.165) is 19.3 Å². The number of rotatable bonds is 5. The fourth-order valence-corrected chi connectivity index (χ4v) is 2.29. The molecule has 1 aliphatic carbocycles. The van der Waals surface area contributed by atoms with Gasteiger partial charge in [0, 0.05) is 26.1 Å². The number of nitrogens with one attached hydrogen (secondary N) is 1. The second kappa shape index (κ2) is 7.36. The SMILES string of the molecule is CCN(C)C(=O)CNC(=O)CC1CCCCC1N. The van der Waals surface area contributed by atoms with Crippen molar-refractivity contribution in [3.05, 3.63) is 0 Å². The van der Waals surface area contributed by atoms with Gasteiger partial charge in [-0.25, -0.2) is 0 Å². The van der Waals surface area contributed by atoms with Crippen LogP contribution in [0.25, 0.3) is 0 Å². The number of nitrogens with zero attached hydrogens (tertiary/aromatic N) is 1. The van der Waals surface area contributed by atoms with E-state index in [1.165, 1.54) is 6.42 Å². The molecule has 3 N–H and O–H groups in total. The summed E-state index contributed by atoms with van der Waals surface area (Å²) in [5.41, 5.74) is 6.00. The molecule has 1 saturated carbocycles. The Morgan fingerprint density at radius 2 is 2.00 bits per heavy atom. The Morgan fingerprint density at radius 3 is 2.61 bits per heavy atom. The smallest absolute Gasteiger partial charge is 0.241 e. The van der Waals surface area contributed by atoms with Gasteiger partial charge in [0.2, 0.25) is 11.8 Å². The molecular weight excluding hydrogens is 230 g/mol. The topological polar surface area (TPSA) is 75.4 Å². The molecule has 0 saturated heterocycles. The van der Waals surface area contributed by atoms with Crippen LogP contribution in [0, 0.1) is 5.92 Å². The average molecular weight is 255 g/mol. The molecule has 1 fully saturated rings. The Morgan fingerprint density at radius 1 is 1.33 bits per heavy atom. The first-order chi connectivity index (χ1) is 8.54. The van der Waals surface area contributed by atoms with Crippen LogP contribution in [0.4, 0.5) is 0 Å². The van der Waals surface area contributed by atoms with E-state index in [9.17, 15) is 9.59 Å². The largest absolute Gasteiger partial charge is 0.347 e. The van der Waals surface area contributed by atoms with E-state index in [4.69, 9.17) is 5.73 Å². The molecule has 2 unspecified atom stereocenters. The van der Waals surface area contributed by atoms with E-state index in [1.807, 2.05) is 6.92 Å². The fourth-order valence-electron chi connectivity index (χ4n) is 2.29. The third-order valence-corrected chi connectivity index (χ3v) is 3.75. The van der Waals surface area contributed by atoms with Crippen molar-refractivity contribution in [2.45, 2.75) is 45.1 Å². The van der Waals surface area contributed by atoms with E-state index < -0.39 is 0 Å². The van der Waals surface area contributed by atoms with Crippen LogP contribution in [0.5, 0.6) is 0 Å². The summed E-state index contributed by atoms with van der Waals surface area (Å²) in [6, 6.07) is 0.138. The van der Waals surface area contributed by atoms with Gasteiger partial charge in [-0.05, 0) is 25.7 Å². The lowest BCUT2D eigenvalue weighted by molar-refractivity contribution is -0.132. The lowest BCUT2D eigenvalue weighted by atomic mass is 9.83. The van der Waals surface area contributed by atoms with Gasteiger partial charge in [0.25, 0.3) is 0 Å². The molecule has 0 aliphatic heterocycles. The molecule has 0 aromatic heterocycles. The molecule has 0 bridgehead atoms. The molecule has 18 heavy (non-hydrogen) atoms. The Hall–Kier alpha value is -1.10. The van der Waals surface area contributed by atoms with Crippen molar-refractivity contribution < 1.29 is 9.59 Å². The average Bonchev–Trinajstić information content (AvgIpc) is 2.37. The molecule has 0 spiro atoms. The van der Waals surface area contributed by atoms with Gasteiger partial charge in [-0.15, -0.1) is 0 Å². The van der Waals surface area contributed by atoms with Gasteiger partial charge in [-0.3, -0.25) is 9.59 Å². The van der Waals surface area contributed by atoms with Crippen molar-refractivity contribution >= 4 is 11.8 Å². The maximum Gasteiger partial charge on any atom is 0.241 e. The van der Waals surface area contributed by atoms with Crippen LogP contribution >= 0.6 is 0 Å². The van der Waals surface area contributed by atoms with Crippen molar-refractivity contribution in [3.63, 3.8) is 0 Å². The van der Waals surface area contributed by atoms with Crippen molar-refractivity contribution in [3.8, 4) is 0 Å². The lowest BCUT2D eigenvalue weighted by Crippen LogP contribution is -2.41. The number of hydrogen-bond acceptors (Lipinski definition) is 3. The predicted octanol–water partition coefficient (Wildman–Crippen LogP) is 0.489. The summed E-state index contributed by atoms with van der Waals surface area (Å²) in [6.07, 6.45) is 4.80. The van der Waals surface area contributed by atoms with Crippen LogP contribution in [0.1, 0.15) is 39.0 Å². The molecule has 0 radical (unpaired) electrons. The van der Waals surface area contributed by atoms with Gasteiger partial charge >= 0.3 is 0 Å². The second-order valence-electron chi connectivity index (χ2n) is 5.10. The lowest BCUT2D eigenvalue weighted by Gasteiger charge is -2.28. The summed E-state index contributed by atoms with van der Waals surface area (Å²) in [5, 5.41) is 2.68. The van der Waals surface area contributed by atoms with Crippen LogP contribution in [-0.4, -0.2) is 42.9 Å². The summed E-state index contributed by atoms with van der Waals surface area (Å²) >= 11 is 0. The Labute approximate surface area is 109 Å². The normalized spacial score (nSPS) is 23.5. The third kappa shape index (κ3) is 4.64. The quantitative estimate of drug-likeness (QED) is 0.750. The monoisotopic (exact) mass is 255 g/mol. The summed E-state index contributed by atoms with van der Waals surface area (Å²) in [6.45, 7) is 2.65. The first-order valence-electron chi connectivity index (χ1n) is 6.80. The minimum Gasteiger partial charge on any atom is -0.347 e. The molecule has 0 aromatic carbocycles. The van der Waals surface area contributed by atoms with Gasteiger partial charge in [0.15, 0.2) is 0 Å². The van der Waals surface area contributed by atoms with E-state index in [2.05, 4.69) is 5.32 Å². The van der Waals surface area contributed by atoms with E-state index in [1.54, 1.807) is 11.9 Å². The molecule has 104 valence electrons. The molecule has 0 aromatic rings. The number of amides is 2. The highest BCUT2D eigenvalue weighted by molar-refractivity contribution is 5.84. The molecule has 5 nitrogen and oxygen atoms in total. The van der Waals surface area contributed by atoms with Crippen molar-refractivity contribution in [2.75, 3.05) is 20.1 Å². The highest BCUT2D eigenvalue weighted by Gasteiger charge is 2.24. The molecule has 0 heterocycles. The molecule has 1 aliphatic rings. The Balaban J connectivity index is 2.26. The molecular formula is C13H25N3O2. The summed E-state index contributed by atoms with van der Waals surface area (Å²) < 4.78 is 0. The molecule has 1 rings (SSSR count). The number of hydrogen-bond donors (Lipinski definition) is 2. The van der Waals surface area contributed by atoms with Crippen LogP contribution in [0.3, 0.4) is 0 Å². The van der Waals surface area contributed by atoms with Gasteiger partial charge in [-0.2, -0.15) is 0 Å². The van der Waals surface area contributed by atoms with Crippen LogP contribution in [-0.2, 0) is 9.59 Å². The number of likely N-dealkylation sites (N-methyl/N-ethyl adjacent to an activating group) is 1. The zero-order valence-corrected chi connectivity index (χ0v) is 11.4. The van der Waals surface area contributed by atoms with Crippen LogP contribution in [0.2, 0.25) is 0 Å². The van der Waals surface area contributed by atoms with E-state index in [0.29, 0.717) is 13.0 Å². The van der Waals surface area contributed by atoms with Crippen molar-refractivity contribution in [2.24, 2.45) is 11.7 Å². The Bertz CT molecular complexity index is 294. The van der Waals surface area contributed by atoms with Gasteiger partial charge in [0.1, 0.15) is 0 Å². The van der Waals surface area contributed by atoms with Gasteiger partial charge in [-0.1, -0.05) is 12.8 Å². The minimum absolute atomic E-state index is 0.0567. The van der Waals surface area contributed by atoms with Crippen LogP contribution < -0.4 is 11.1 Å². The zero-order valence-electron chi connectivity index (χ0n) is 11.4. The van der Waals surface area contributed by atoms with E-state index in [-0.39, 0.29) is 30.3 Å². The standard InChI is InChI=1S/C13H25N3O2/c1-3-16(2)13(18)9-15-12(17)8-10-6-4-5-7-11(10)14/h10-11H,3-9,14H2,1-2H3,(H,15,17). The highest BCUT2D eigenvalue weighted by atomic mass is 16.2. The van der Waals surface area contributed by atoms with Crippen molar-refractivity contribution in [1.29, 1.82) is 0 Å². The predicted molar refractivity (Wildman–Crippen MR) is 70.9 cm³/mol. The summed E-state index contributed by atoms with van der Waals surface area (Å²) in [7, 11) is 1.73. The summed E-state index contributed by atoms with van der Waals surface area (Å²) in [5.74, 6) is 0.159. The second-order valence-corrected chi connectivity index (χ2v) is 5.10. The molecule has 2 amide bonds. The highest BCUT2D eigenvalue weighted by Crippen LogP contribution is 2.25. The molecule has 5 heteroatoms. The number of carbonyl (C=O) groups is 2. The maximum absolute atomic E-state index is 11.7. The van der Waals surface area contributed by atoms with Crippen LogP contribution in [0.15, 0.2) is 0 Å². The number of carbonyl (C=O) groups excluding carboxylic acids is 2. The third-order valence-electron chi connectivity index (χ3n) is 3.75. The maximum atomic E-state index is 11.7. The number of nitrogens with two attached hydrogens (primary N) is 1. The molecule has 2 atom stereocenters. The minimum atomic E-state index is -0.0600. The van der Waals surface area contributed by atoms with E-state index >= 15 is 0 Å². The first-order valence-corrected chi connectivity index (χ1v) is 6.80.